The zero-order chi connectivity index (χ0) is 20.1. The van der Waals surface area contributed by atoms with E-state index in [0.29, 0.717) is 29.1 Å². The maximum absolute atomic E-state index is 13.7. The van der Waals surface area contributed by atoms with Crippen LogP contribution in [-0.2, 0) is 0 Å². The summed E-state index contributed by atoms with van der Waals surface area (Å²) in [4.78, 5) is 20.2. The third-order valence-electron chi connectivity index (χ3n) is 3.73. The summed E-state index contributed by atoms with van der Waals surface area (Å²) >= 11 is 0. The molecule has 0 atom stereocenters. The Morgan fingerprint density at radius 1 is 0.964 bits per heavy atom. The van der Waals surface area contributed by atoms with Crippen molar-refractivity contribution in [3.05, 3.63) is 66.1 Å². The van der Waals surface area contributed by atoms with Crippen molar-refractivity contribution in [3.8, 4) is 11.5 Å². The standard InChI is InChI=1S/C19H16F2N4O3/c1-27-16-6-4-12(8-17(16)28-2)24-18-9-15(22-10-23-18)19(26)25-14-5-3-11(20)7-13(14)21/h3-10H,1-2H3,(H,25,26)(H,22,23,24). The Morgan fingerprint density at radius 3 is 2.46 bits per heavy atom. The summed E-state index contributed by atoms with van der Waals surface area (Å²) in [7, 11) is 3.05. The van der Waals surface area contributed by atoms with Crippen molar-refractivity contribution in [2.24, 2.45) is 0 Å². The van der Waals surface area contributed by atoms with E-state index in [1.54, 1.807) is 18.2 Å². The van der Waals surface area contributed by atoms with E-state index >= 15 is 0 Å². The van der Waals surface area contributed by atoms with Crippen LogP contribution in [0.1, 0.15) is 10.5 Å². The van der Waals surface area contributed by atoms with Crippen molar-refractivity contribution in [2.75, 3.05) is 24.9 Å². The number of hydrogen-bond acceptors (Lipinski definition) is 6. The van der Waals surface area contributed by atoms with Crippen LogP contribution in [0.4, 0.5) is 26.0 Å². The molecule has 1 heterocycles. The molecule has 0 aliphatic carbocycles. The van der Waals surface area contributed by atoms with Gasteiger partial charge in [-0.15, -0.1) is 0 Å². The van der Waals surface area contributed by atoms with E-state index in [1.165, 1.54) is 26.6 Å². The lowest BCUT2D eigenvalue weighted by molar-refractivity contribution is 0.102. The molecule has 0 bridgehead atoms. The van der Waals surface area contributed by atoms with Crippen LogP contribution in [-0.4, -0.2) is 30.1 Å². The third-order valence-corrected chi connectivity index (χ3v) is 3.73. The lowest BCUT2D eigenvalue weighted by Gasteiger charge is -2.11. The number of methoxy groups -OCH3 is 2. The number of nitrogens with zero attached hydrogens (tertiary/aromatic N) is 2. The number of nitrogens with one attached hydrogen (secondary N) is 2. The topological polar surface area (TPSA) is 85.4 Å². The van der Waals surface area contributed by atoms with E-state index in [4.69, 9.17) is 9.47 Å². The van der Waals surface area contributed by atoms with Gasteiger partial charge in [0, 0.05) is 23.9 Å². The van der Waals surface area contributed by atoms with Crippen molar-refractivity contribution in [2.45, 2.75) is 0 Å². The SMILES string of the molecule is COc1ccc(Nc2cc(C(=O)Nc3ccc(F)cc3F)ncn2)cc1OC. The Bertz CT molecular complexity index is 1010. The average molecular weight is 386 g/mol. The fraction of sp³-hybridized carbons (Fsp3) is 0.105. The molecule has 28 heavy (non-hydrogen) atoms. The van der Waals surface area contributed by atoms with E-state index in [9.17, 15) is 13.6 Å². The second kappa shape index (κ2) is 8.30. The van der Waals surface area contributed by atoms with Crippen molar-refractivity contribution < 1.29 is 23.0 Å². The zero-order valence-electron chi connectivity index (χ0n) is 15.0. The number of halogens is 2. The molecule has 0 saturated heterocycles. The van der Waals surface area contributed by atoms with Gasteiger partial charge in [0.1, 0.15) is 29.5 Å². The molecule has 2 aromatic carbocycles. The van der Waals surface area contributed by atoms with Gasteiger partial charge in [0.25, 0.3) is 5.91 Å². The van der Waals surface area contributed by atoms with Crippen molar-refractivity contribution >= 4 is 23.1 Å². The third kappa shape index (κ3) is 4.32. The number of carbonyl (C=O) groups excluding carboxylic acids is 1. The van der Waals surface area contributed by atoms with Crippen LogP contribution in [0.15, 0.2) is 48.8 Å². The first-order valence-electron chi connectivity index (χ1n) is 8.07. The monoisotopic (exact) mass is 386 g/mol. The average Bonchev–Trinajstić information content (AvgIpc) is 2.70. The minimum absolute atomic E-state index is 0.00158. The highest BCUT2D eigenvalue weighted by molar-refractivity contribution is 6.03. The number of anilines is 3. The molecule has 144 valence electrons. The van der Waals surface area contributed by atoms with E-state index < -0.39 is 17.5 Å². The first-order valence-corrected chi connectivity index (χ1v) is 8.07. The molecule has 3 aromatic rings. The van der Waals surface area contributed by atoms with Gasteiger partial charge in [0.15, 0.2) is 11.5 Å². The van der Waals surface area contributed by atoms with Crippen LogP contribution < -0.4 is 20.1 Å². The molecule has 2 N–H and O–H groups in total. The molecular formula is C19H16F2N4O3. The zero-order valence-corrected chi connectivity index (χ0v) is 15.0. The van der Waals surface area contributed by atoms with Crippen molar-refractivity contribution in [3.63, 3.8) is 0 Å². The summed E-state index contributed by atoms with van der Waals surface area (Å²) in [6.45, 7) is 0. The predicted molar refractivity (Wildman–Crippen MR) is 99.2 cm³/mol. The molecule has 0 fully saturated rings. The minimum Gasteiger partial charge on any atom is -0.493 e. The van der Waals surface area contributed by atoms with Crippen LogP contribution in [0.2, 0.25) is 0 Å². The fourth-order valence-electron chi connectivity index (χ4n) is 2.39. The second-order valence-corrected chi connectivity index (χ2v) is 5.56. The van der Waals surface area contributed by atoms with Crippen molar-refractivity contribution in [1.29, 1.82) is 0 Å². The van der Waals surface area contributed by atoms with Gasteiger partial charge in [-0.25, -0.2) is 18.7 Å². The van der Waals surface area contributed by atoms with Gasteiger partial charge in [-0.3, -0.25) is 4.79 Å². The number of hydrogen-bond donors (Lipinski definition) is 2. The number of ether oxygens (including phenoxy) is 2. The number of benzene rings is 2. The Labute approximate surface area is 159 Å². The number of amides is 1. The van der Waals surface area contributed by atoms with Gasteiger partial charge in [0.05, 0.1) is 19.9 Å². The first kappa shape index (κ1) is 19.0. The normalized spacial score (nSPS) is 10.3. The van der Waals surface area contributed by atoms with Gasteiger partial charge in [0.2, 0.25) is 0 Å². The Kier molecular flexibility index (Phi) is 5.64. The minimum atomic E-state index is -0.883. The quantitative estimate of drug-likeness (QED) is 0.671. The molecule has 0 unspecified atom stereocenters. The van der Waals surface area contributed by atoms with Gasteiger partial charge >= 0.3 is 0 Å². The predicted octanol–water partition coefficient (Wildman–Crippen LogP) is 3.77. The van der Waals surface area contributed by atoms with E-state index in [-0.39, 0.29) is 11.4 Å². The summed E-state index contributed by atoms with van der Waals surface area (Å²) in [6, 6.07) is 9.42. The molecule has 1 amide bonds. The Balaban J connectivity index is 1.77. The summed E-state index contributed by atoms with van der Waals surface area (Å²) in [6.07, 6.45) is 1.19. The maximum Gasteiger partial charge on any atom is 0.274 e. The molecule has 9 heteroatoms. The van der Waals surface area contributed by atoms with Crippen LogP contribution in [0, 0.1) is 11.6 Å². The van der Waals surface area contributed by atoms with E-state index in [0.717, 1.165) is 12.1 Å². The van der Waals surface area contributed by atoms with E-state index in [1.807, 2.05) is 0 Å². The molecule has 0 aliphatic rings. The lowest BCUT2D eigenvalue weighted by Crippen LogP contribution is -2.15. The van der Waals surface area contributed by atoms with Gasteiger partial charge < -0.3 is 20.1 Å². The molecule has 0 spiro atoms. The Hall–Kier alpha value is -3.75. The molecular weight excluding hydrogens is 370 g/mol. The molecule has 3 rings (SSSR count). The van der Waals surface area contributed by atoms with Crippen LogP contribution in [0.5, 0.6) is 11.5 Å². The van der Waals surface area contributed by atoms with E-state index in [2.05, 4.69) is 20.6 Å². The fourth-order valence-corrected chi connectivity index (χ4v) is 2.39. The smallest absolute Gasteiger partial charge is 0.274 e. The van der Waals surface area contributed by atoms with Gasteiger partial charge in [-0.05, 0) is 24.3 Å². The van der Waals surface area contributed by atoms with Gasteiger partial charge in [-0.1, -0.05) is 0 Å². The second-order valence-electron chi connectivity index (χ2n) is 5.56. The highest BCUT2D eigenvalue weighted by atomic mass is 19.1. The van der Waals surface area contributed by atoms with Crippen LogP contribution >= 0.6 is 0 Å². The molecule has 7 nitrogen and oxygen atoms in total. The number of carbonyl (C=O) groups is 1. The number of aromatic nitrogens is 2. The highest BCUT2D eigenvalue weighted by Gasteiger charge is 2.13. The maximum atomic E-state index is 13.7. The summed E-state index contributed by atoms with van der Waals surface area (Å²) in [5.41, 5.74) is 0.494. The molecule has 0 saturated carbocycles. The summed E-state index contributed by atoms with van der Waals surface area (Å²) in [5.74, 6) is -0.858. The summed E-state index contributed by atoms with van der Waals surface area (Å²) in [5, 5.41) is 5.36. The highest BCUT2D eigenvalue weighted by Crippen LogP contribution is 2.30. The molecule has 0 aliphatic heterocycles. The molecule has 1 aromatic heterocycles. The van der Waals surface area contributed by atoms with Crippen LogP contribution in [0.3, 0.4) is 0 Å². The largest absolute Gasteiger partial charge is 0.493 e. The Morgan fingerprint density at radius 2 is 1.75 bits per heavy atom. The first-order chi connectivity index (χ1) is 13.5. The van der Waals surface area contributed by atoms with Gasteiger partial charge in [-0.2, -0.15) is 0 Å². The number of rotatable bonds is 6. The van der Waals surface area contributed by atoms with Crippen LogP contribution in [0.25, 0.3) is 0 Å². The summed E-state index contributed by atoms with van der Waals surface area (Å²) < 4.78 is 37.1. The van der Waals surface area contributed by atoms with Crippen molar-refractivity contribution in [1.82, 2.24) is 9.97 Å². The molecule has 0 radical (unpaired) electrons. The lowest BCUT2D eigenvalue weighted by atomic mass is 10.2.